The summed E-state index contributed by atoms with van der Waals surface area (Å²) < 4.78 is 45.3. The molecule has 2 aliphatic rings. The molecule has 11 heteroatoms. The lowest BCUT2D eigenvalue weighted by molar-refractivity contribution is -0.180. The average Bonchev–Trinajstić information content (AvgIpc) is 3.21. The molecule has 37 heavy (non-hydrogen) atoms. The highest BCUT2D eigenvalue weighted by molar-refractivity contribution is 6.32. The average molecular weight is 533 g/mol. The van der Waals surface area contributed by atoms with Crippen LogP contribution >= 0.6 is 11.6 Å². The standard InChI is InChI=1S/C26H27ClF2N4O4/c1-14-11-18-21(25(34)31-14)23(32-17-6-3-5-16(27)24(17)35-2)22(33-18)15-7-9-30-12-19(15)37-13-20-26(28,29)8-4-10-36-20/h3,5-7,9,12,14,20,32-33H,4,8,10-11,13H2,1-2H3,(H,31,34). The number of fused-ring (bicyclic) bond motifs is 1. The quantitative estimate of drug-likeness (QED) is 0.379. The fourth-order valence-electron chi connectivity index (χ4n) is 4.74. The number of hydrogen-bond acceptors (Lipinski definition) is 6. The van der Waals surface area contributed by atoms with Crippen molar-refractivity contribution in [1.29, 1.82) is 0 Å². The van der Waals surface area contributed by atoms with Crippen molar-refractivity contribution in [2.45, 2.75) is 44.3 Å². The van der Waals surface area contributed by atoms with Crippen molar-refractivity contribution in [2.24, 2.45) is 0 Å². The first-order valence-corrected chi connectivity index (χ1v) is 12.4. The van der Waals surface area contributed by atoms with Gasteiger partial charge in [0, 0.05) is 42.9 Å². The van der Waals surface area contributed by atoms with Crippen LogP contribution in [0.3, 0.4) is 0 Å². The first-order chi connectivity index (χ1) is 17.8. The summed E-state index contributed by atoms with van der Waals surface area (Å²) in [5, 5.41) is 6.67. The highest BCUT2D eigenvalue weighted by atomic mass is 35.5. The summed E-state index contributed by atoms with van der Waals surface area (Å²) >= 11 is 6.33. The molecule has 196 valence electrons. The number of ether oxygens (including phenoxy) is 3. The Morgan fingerprint density at radius 3 is 2.95 bits per heavy atom. The van der Waals surface area contributed by atoms with E-state index < -0.39 is 12.0 Å². The Morgan fingerprint density at radius 1 is 1.32 bits per heavy atom. The van der Waals surface area contributed by atoms with E-state index in [4.69, 9.17) is 25.8 Å². The van der Waals surface area contributed by atoms with Crippen molar-refractivity contribution < 1.29 is 27.8 Å². The van der Waals surface area contributed by atoms with Crippen LogP contribution in [0.15, 0.2) is 36.7 Å². The molecule has 0 aliphatic carbocycles. The molecule has 2 unspecified atom stereocenters. The Kier molecular flexibility index (Phi) is 6.96. The number of nitrogens with zero attached hydrogens (tertiary/aromatic N) is 1. The largest absolute Gasteiger partial charge is 0.493 e. The number of carbonyl (C=O) groups excluding carboxylic acids is 1. The highest BCUT2D eigenvalue weighted by Gasteiger charge is 2.43. The Balaban J connectivity index is 1.56. The summed E-state index contributed by atoms with van der Waals surface area (Å²) in [5.74, 6) is -2.53. The number of para-hydroxylation sites is 1. The Labute approximate surface area is 217 Å². The Hall–Kier alpha value is -3.37. The molecule has 1 saturated heterocycles. The maximum absolute atomic E-state index is 14.3. The van der Waals surface area contributed by atoms with Crippen molar-refractivity contribution in [3.05, 3.63) is 52.9 Å². The molecule has 0 bridgehead atoms. The molecule has 0 saturated carbocycles. The SMILES string of the molecule is COc1c(Cl)cccc1Nc1c(-c2ccncc2OCC2OCCCC2(F)F)[nH]c2c1C(=O)NC(C)C2. The van der Waals surface area contributed by atoms with Gasteiger partial charge in [-0.2, -0.15) is 0 Å². The van der Waals surface area contributed by atoms with Gasteiger partial charge in [-0.15, -0.1) is 0 Å². The summed E-state index contributed by atoms with van der Waals surface area (Å²) in [6, 6.07) is 6.88. The van der Waals surface area contributed by atoms with E-state index in [9.17, 15) is 13.6 Å². The normalized spacial score (nSPS) is 20.6. The van der Waals surface area contributed by atoms with Gasteiger partial charge in [-0.3, -0.25) is 9.78 Å². The zero-order valence-electron chi connectivity index (χ0n) is 20.4. The van der Waals surface area contributed by atoms with Gasteiger partial charge in [0.2, 0.25) is 0 Å². The summed E-state index contributed by atoms with van der Waals surface area (Å²) in [5.41, 5.74) is 3.31. The third kappa shape index (κ3) is 4.95. The number of carbonyl (C=O) groups is 1. The van der Waals surface area contributed by atoms with Gasteiger partial charge in [-0.05, 0) is 31.5 Å². The van der Waals surface area contributed by atoms with E-state index in [2.05, 4.69) is 20.6 Å². The third-order valence-corrected chi connectivity index (χ3v) is 6.81. The van der Waals surface area contributed by atoms with Gasteiger partial charge in [0.15, 0.2) is 11.9 Å². The molecule has 3 N–H and O–H groups in total. The number of benzene rings is 1. The molecule has 5 rings (SSSR count). The summed E-state index contributed by atoms with van der Waals surface area (Å²) in [6.45, 7) is 1.84. The second kappa shape index (κ2) is 10.2. The number of alkyl halides is 2. The molecule has 0 spiro atoms. The van der Waals surface area contributed by atoms with Crippen LogP contribution in [0.2, 0.25) is 5.02 Å². The number of aromatic amines is 1. The van der Waals surface area contributed by atoms with E-state index in [-0.39, 0.29) is 37.3 Å². The minimum Gasteiger partial charge on any atom is -0.493 e. The number of anilines is 2. The molecule has 2 aromatic heterocycles. The fraction of sp³-hybridized carbons (Fsp3) is 0.385. The van der Waals surface area contributed by atoms with E-state index in [1.807, 2.05) is 6.92 Å². The summed E-state index contributed by atoms with van der Waals surface area (Å²) in [4.78, 5) is 20.6. The lowest BCUT2D eigenvalue weighted by atomic mass is 10.0. The molecule has 1 fully saturated rings. The first-order valence-electron chi connectivity index (χ1n) is 12.0. The number of nitrogens with one attached hydrogen (secondary N) is 3. The fourth-order valence-corrected chi connectivity index (χ4v) is 4.99. The van der Waals surface area contributed by atoms with Crippen molar-refractivity contribution in [3.8, 4) is 22.8 Å². The molecule has 1 amide bonds. The number of rotatable bonds is 7. The zero-order chi connectivity index (χ0) is 26.2. The number of hydrogen-bond donors (Lipinski definition) is 3. The van der Waals surface area contributed by atoms with Crippen LogP contribution < -0.4 is 20.1 Å². The number of amides is 1. The topological polar surface area (TPSA) is 97.5 Å². The minimum absolute atomic E-state index is 0.0705. The lowest BCUT2D eigenvalue weighted by Gasteiger charge is -2.31. The predicted octanol–water partition coefficient (Wildman–Crippen LogP) is 5.35. The lowest BCUT2D eigenvalue weighted by Crippen LogP contribution is -2.44. The van der Waals surface area contributed by atoms with Gasteiger partial charge >= 0.3 is 0 Å². The maximum Gasteiger partial charge on any atom is 0.277 e. The van der Waals surface area contributed by atoms with E-state index >= 15 is 0 Å². The van der Waals surface area contributed by atoms with Crippen LogP contribution in [0.1, 0.15) is 35.8 Å². The smallest absolute Gasteiger partial charge is 0.277 e. The van der Waals surface area contributed by atoms with Gasteiger partial charge < -0.3 is 29.8 Å². The van der Waals surface area contributed by atoms with Crippen molar-refractivity contribution >= 4 is 28.9 Å². The molecule has 2 atom stereocenters. The Bertz CT molecular complexity index is 1320. The molecular formula is C26H27ClF2N4O4. The summed E-state index contributed by atoms with van der Waals surface area (Å²) in [7, 11) is 1.51. The van der Waals surface area contributed by atoms with Gasteiger partial charge in [-0.25, -0.2) is 8.78 Å². The van der Waals surface area contributed by atoms with E-state index in [1.165, 1.54) is 13.3 Å². The van der Waals surface area contributed by atoms with Gasteiger partial charge in [0.25, 0.3) is 11.8 Å². The summed E-state index contributed by atoms with van der Waals surface area (Å²) in [6.07, 6.45) is 2.31. The van der Waals surface area contributed by atoms with Crippen LogP contribution in [-0.2, 0) is 11.2 Å². The number of H-pyrrole nitrogens is 1. The first kappa shape index (κ1) is 25.3. The molecule has 3 aromatic rings. The molecular weight excluding hydrogens is 506 g/mol. The number of methoxy groups -OCH3 is 1. The molecule has 0 radical (unpaired) electrons. The van der Waals surface area contributed by atoms with Gasteiger partial charge in [0.05, 0.1) is 41.0 Å². The number of halogens is 3. The minimum atomic E-state index is -2.98. The molecule has 1 aromatic carbocycles. The monoisotopic (exact) mass is 532 g/mol. The van der Waals surface area contributed by atoms with E-state index in [0.717, 1.165) is 5.69 Å². The van der Waals surface area contributed by atoms with Crippen molar-refractivity contribution in [2.75, 3.05) is 25.6 Å². The van der Waals surface area contributed by atoms with Crippen LogP contribution in [0, 0.1) is 0 Å². The molecule has 2 aliphatic heterocycles. The second-order valence-corrected chi connectivity index (χ2v) is 9.57. The maximum atomic E-state index is 14.3. The number of pyridine rings is 1. The van der Waals surface area contributed by atoms with E-state index in [1.54, 1.807) is 30.5 Å². The van der Waals surface area contributed by atoms with Crippen molar-refractivity contribution in [1.82, 2.24) is 15.3 Å². The zero-order valence-corrected chi connectivity index (χ0v) is 21.1. The Morgan fingerprint density at radius 2 is 2.16 bits per heavy atom. The van der Waals surface area contributed by atoms with Crippen LogP contribution in [-0.4, -0.2) is 54.3 Å². The van der Waals surface area contributed by atoms with Crippen LogP contribution in [0.25, 0.3) is 11.3 Å². The van der Waals surface area contributed by atoms with Gasteiger partial charge in [0.1, 0.15) is 12.4 Å². The van der Waals surface area contributed by atoms with Gasteiger partial charge in [-0.1, -0.05) is 17.7 Å². The highest BCUT2D eigenvalue weighted by Crippen LogP contribution is 2.43. The molecule has 4 heterocycles. The predicted molar refractivity (Wildman–Crippen MR) is 135 cm³/mol. The van der Waals surface area contributed by atoms with Crippen LogP contribution in [0.4, 0.5) is 20.2 Å². The van der Waals surface area contributed by atoms with E-state index in [0.29, 0.717) is 51.8 Å². The second-order valence-electron chi connectivity index (χ2n) is 9.16. The van der Waals surface area contributed by atoms with Crippen molar-refractivity contribution in [3.63, 3.8) is 0 Å². The third-order valence-electron chi connectivity index (χ3n) is 6.51. The number of aromatic nitrogens is 2. The molecule has 8 nitrogen and oxygen atoms in total. The van der Waals surface area contributed by atoms with Crippen LogP contribution in [0.5, 0.6) is 11.5 Å².